The van der Waals surface area contributed by atoms with E-state index in [1.165, 1.54) is 24.3 Å². The maximum absolute atomic E-state index is 13.7. The van der Waals surface area contributed by atoms with E-state index in [1.54, 1.807) is 24.3 Å². The Balaban J connectivity index is 2.16. The zero-order valence-corrected chi connectivity index (χ0v) is 10.5. The van der Waals surface area contributed by atoms with E-state index in [0.29, 0.717) is 11.5 Å². The number of carbonyl (C=O) groups is 1. The molecule has 0 fully saturated rings. The van der Waals surface area contributed by atoms with Crippen molar-refractivity contribution in [2.24, 2.45) is 5.73 Å². The van der Waals surface area contributed by atoms with Crippen LogP contribution in [-0.4, -0.2) is 12.3 Å². The van der Waals surface area contributed by atoms with E-state index in [-0.39, 0.29) is 11.8 Å². The fourth-order valence-electron chi connectivity index (χ4n) is 1.65. The standard InChI is InChI=1S/C15H13F2NO2/c16-15(17,14(18)10-19)11-6-8-13(9-7-11)20-12-4-2-1-3-5-12/h1-10,14H,18H2. The molecule has 0 heterocycles. The maximum atomic E-state index is 13.7. The Morgan fingerprint density at radius 2 is 1.55 bits per heavy atom. The SMILES string of the molecule is NC(C=O)C(F)(F)c1ccc(Oc2ccccc2)cc1. The lowest BCUT2D eigenvalue weighted by molar-refractivity contribution is -0.118. The van der Waals surface area contributed by atoms with Gasteiger partial charge in [-0.1, -0.05) is 18.2 Å². The van der Waals surface area contributed by atoms with Gasteiger partial charge >= 0.3 is 0 Å². The Labute approximate surface area is 115 Å². The largest absolute Gasteiger partial charge is 0.457 e. The molecule has 0 amide bonds. The number of rotatable bonds is 5. The van der Waals surface area contributed by atoms with Gasteiger partial charge in [-0.2, -0.15) is 8.78 Å². The predicted octanol–water partition coefficient (Wildman–Crippen LogP) is 3.10. The number of para-hydroxylation sites is 1. The van der Waals surface area contributed by atoms with Crippen molar-refractivity contribution in [3.05, 3.63) is 60.2 Å². The number of halogens is 2. The molecule has 0 aromatic heterocycles. The van der Waals surface area contributed by atoms with E-state index in [2.05, 4.69) is 0 Å². The first-order valence-electron chi connectivity index (χ1n) is 5.96. The van der Waals surface area contributed by atoms with E-state index in [9.17, 15) is 13.6 Å². The lowest BCUT2D eigenvalue weighted by atomic mass is 10.0. The molecular weight excluding hydrogens is 264 g/mol. The van der Waals surface area contributed by atoms with Crippen LogP contribution in [0.1, 0.15) is 5.56 Å². The lowest BCUT2D eigenvalue weighted by Gasteiger charge is -2.19. The Kier molecular flexibility index (Phi) is 4.10. The van der Waals surface area contributed by atoms with Crippen molar-refractivity contribution < 1.29 is 18.3 Å². The number of benzene rings is 2. The molecule has 5 heteroatoms. The number of hydrogen-bond donors (Lipinski definition) is 1. The van der Waals surface area contributed by atoms with Crippen LogP contribution in [0.2, 0.25) is 0 Å². The van der Waals surface area contributed by atoms with Crippen LogP contribution in [0.15, 0.2) is 54.6 Å². The van der Waals surface area contributed by atoms with Crippen LogP contribution in [0.4, 0.5) is 8.78 Å². The predicted molar refractivity (Wildman–Crippen MR) is 70.9 cm³/mol. The van der Waals surface area contributed by atoms with E-state index >= 15 is 0 Å². The van der Waals surface area contributed by atoms with Gasteiger partial charge < -0.3 is 15.3 Å². The van der Waals surface area contributed by atoms with Gasteiger partial charge in [0.2, 0.25) is 0 Å². The van der Waals surface area contributed by atoms with Crippen LogP contribution in [0.5, 0.6) is 11.5 Å². The summed E-state index contributed by atoms with van der Waals surface area (Å²) in [7, 11) is 0. The highest BCUT2D eigenvalue weighted by atomic mass is 19.3. The van der Waals surface area contributed by atoms with Crippen molar-refractivity contribution in [3.63, 3.8) is 0 Å². The molecule has 20 heavy (non-hydrogen) atoms. The second-order valence-electron chi connectivity index (χ2n) is 4.22. The van der Waals surface area contributed by atoms with Crippen LogP contribution < -0.4 is 10.5 Å². The zero-order valence-electron chi connectivity index (χ0n) is 10.5. The quantitative estimate of drug-likeness (QED) is 0.854. The van der Waals surface area contributed by atoms with Crippen LogP contribution >= 0.6 is 0 Å². The van der Waals surface area contributed by atoms with Crippen molar-refractivity contribution in [2.75, 3.05) is 0 Å². The minimum Gasteiger partial charge on any atom is -0.457 e. The summed E-state index contributed by atoms with van der Waals surface area (Å²) in [6.45, 7) is 0. The molecule has 2 aromatic rings. The fourth-order valence-corrected chi connectivity index (χ4v) is 1.65. The molecular formula is C15H13F2NO2. The molecule has 0 saturated carbocycles. The number of aldehydes is 1. The van der Waals surface area contributed by atoms with Crippen molar-refractivity contribution in [1.82, 2.24) is 0 Å². The van der Waals surface area contributed by atoms with Crippen LogP contribution in [-0.2, 0) is 10.7 Å². The third-order valence-electron chi connectivity index (χ3n) is 2.78. The molecule has 0 radical (unpaired) electrons. The number of alkyl halides is 2. The summed E-state index contributed by atoms with van der Waals surface area (Å²) >= 11 is 0. The van der Waals surface area contributed by atoms with Gasteiger partial charge in [0.15, 0.2) is 0 Å². The highest BCUT2D eigenvalue weighted by Crippen LogP contribution is 2.32. The van der Waals surface area contributed by atoms with E-state index < -0.39 is 12.0 Å². The molecule has 0 aliphatic rings. The first-order valence-corrected chi connectivity index (χ1v) is 5.96. The van der Waals surface area contributed by atoms with Crippen molar-refractivity contribution >= 4 is 6.29 Å². The van der Waals surface area contributed by atoms with Gasteiger partial charge in [0.1, 0.15) is 23.8 Å². The summed E-state index contributed by atoms with van der Waals surface area (Å²) in [5.74, 6) is -2.36. The third kappa shape index (κ3) is 3.00. The van der Waals surface area contributed by atoms with Crippen LogP contribution in [0.3, 0.4) is 0 Å². The summed E-state index contributed by atoms with van der Waals surface area (Å²) in [6.07, 6.45) is 0.0361. The van der Waals surface area contributed by atoms with Crippen molar-refractivity contribution in [1.29, 1.82) is 0 Å². The Morgan fingerprint density at radius 1 is 1.00 bits per heavy atom. The third-order valence-corrected chi connectivity index (χ3v) is 2.78. The first-order chi connectivity index (χ1) is 9.54. The van der Waals surface area contributed by atoms with Gasteiger partial charge in [-0.05, 0) is 36.4 Å². The van der Waals surface area contributed by atoms with Crippen molar-refractivity contribution in [3.8, 4) is 11.5 Å². The smallest absolute Gasteiger partial charge is 0.294 e. The minimum atomic E-state index is -3.40. The average molecular weight is 277 g/mol. The van der Waals surface area contributed by atoms with Gasteiger partial charge in [0, 0.05) is 5.56 Å². The molecule has 1 unspecified atom stereocenters. The highest BCUT2D eigenvalue weighted by molar-refractivity contribution is 5.60. The molecule has 104 valence electrons. The average Bonchev–Trinajstić information content (AvgIpc) is 2.48. The van der Waals surface area contributed by atoms with Crippen molar-refractivity contribution in [2.45, 2.75) is 12.0 Å². The summed E-state index contributed by atoms with van der Waals surface area (Å²) in [6, 6.07) is 12.3. The van der Waals surface area contributed by atoms with Gasteiger partial charge in [0.05, 0.1) is 0 Å². The van der Waals surface area contributed by atoms with Crippen LogP contribution in [0, 0.1) is 0 Å². The molecule has 0 spiro atoms. The molecule has 3 nitrogen and oxygen atoms in total. The number of ether oxygens (including phenoxy) is 1. The fraction of sp³-hybridized carbons (Fsp3) is 0.133. The number of carbonyl (C=O) groups excluding carboxylic acids is 1. The molecule has 0 bridgehead atoms. The summed E-state index contributed by atoms with van der Waals surface area (Å²) in [4.78, 5) is 10.4. The van der Waals surface area contributed by atoms with Gasteiger partial charge in [-0.25, -0.2) is 0 Å². The highest BCUT2D eigenvalue weighted by Gasteiger charge is 2.38. The molecule has 0 aliphatic carbocycles. The summed E-state index contributed by atoms with van der Waals surface area (Å²) in [5, 5.41) is 0. The maximum Gasteiger partial charge on any atom is 0.294 e. The topological polar surface area (TPSA) is 52.3 Å². The van der Waals surface area contributed by atoms with E-state index in [0.717, 1.165) is 0 Å². The Morgan fingerprint density at radius 3 is 2.10 bits per heavy atom. The van der Waals surface area contributed by atoms with E-state index in [1.807, 2.05) is 6.07 Å². The second kappa shape index (κ2) is 5.79. The van der Waals surface area contributed by atoms with E-state index in [4.69, 9.17) is 10.5 Å². The van der Waals surface area contributed by atoms with Gasteiger partial charge in [-0.15, -0.1) is 0 Å². The Bertz CT molecular complexity index is 570. The first kappa shape index (κ1) is 14.1. The zero-order chi connectivity index (χ0) is 14.6. The summed E-state index contributed by atoms with van der Waals surface area (Å²) < 4.78 is 32.9. The number of hydrogen-bond acceptors (Lipinski definition) is 3. The molecule has 2 aromatic carbocycles. The second-order valence-corrected chi connectivity index (χ2v) is 4.22. The molecule has 0 aliphatic heterocycles. The summed E-state index contributed by atoms with van der Waals surface area (Å²) in [5.41, 5.74) is 4.77. The van der Waals surface area contributed by atoms with Gasteiger partial charge in [-0.3, -0.25) is 0 Å². The monoisotopic (exact) mass is 277 g/mol. The minimum absolute atomic E-state index is 0.0361. The molecule has 0 saturated heterocycles. The molecule has 2 rings (SSSR count). The lowest BCUT2D eigenvalue weighted by Crippen LogP contribution is -2.39. The van der Waals surface area contributed by atoms with Gasteiger partial charge in [0.25, 0.3) is 5.92 Å². The molecule has 1 atom stereocenters. The normalized spacial score (nSPS) is 12.8. The number of nitrogens with two attached hydrogens (primary N) is 1. The molecule has 2 N–H and O–H groups in total. The Hall–Kier alpha value is -2.27. The van der Waals surface area contributed by atoms with Crippen LogP contribution in [0.25, 0.3) is 0 Å².